The van der Waals surface area contributed by atoms with Gasteiger partial charge in [0.1, 0.15) is 0 Å². The van der Waals surface area contributed by atoms with E-state index in [0.29, 0.717) is 12.5 Å². The summed E-state index contributed by atoms with van der Waals surface area (Å²) in [4.78, 5) is 21.4. The van der Waals surface area contributed by atoms with Crippen LogP contribution in [0, 0.1) is 5.92 Å². The third-order valence-electron chi connectivity index (χ3n) is 2.69. The number of nitrogens with one attached hydrogen (secondary N) is 1. The summed E-state index contributed by atoms with van der Waals surface area (Å²) in [6.07, 6.45) is 4.32. The summed E-state index contributed by atoms with van der Waals surface area (Å²) in [5.74, 6) is -0.862. The van der Waals surface area contributed by atoms with E-state index < -0.39 is 5.97 Å². The smallest absolute Gasteiger partial charge is 0.220 e. The highest BCUT2D eigenvalue weighted by Crippen LogP contribution is 2.11. The largest absolute Gasteiger partial charge is 0.550 e. The molecular weight excluding hydrogens is 206 g/mol. The van der Waals surface area contributed by atoms with Crippen LogP contribution in [0.15, 0.2) is 0 Å². The van der Waals surface area contributed by atoms with Crippen molar-refractivity contribution in [3.63, 3.8) is 0 Å². The fourth-order valence-electron chi connectivity index (χ4n) is 1.51. The minimum atomic E-state index is -1.17. The summed E-state index contributed by atoms with van der Waals surface area (Å²) >= 11 is 0. The van der Waals surface area contributed by atoms with Crippen molar-refractivity contribution in [2.75, 3.05) is 6.54 Å². The topological polar surface area (TPSA) is 69.2 Å². The molecule has 4 heteroatoms. The zero-order valence-corrected chi connectivity index (χ0v) is 10.3. The minimum Gasteiger partial charge on any atom is -0.550 e. The average molecular weight is 228 g/mol. The minimum absolute atomic E-state index is 0.0204. The quantitative estimate of drug-likeness (QED) is 0.636. The second kappa shape index (κ2) is 9.19. The highest BCUT2D eigenvalue weighted by atomic mass is 16.4. The number of carboxylic acid groups (broad SMARTS) is 1. The Labute approximate surface area is 97.4 Å². The van der Waals surface area contributed by atoms with E-state index in [1.165, 1.54) is 6.42 Å². The van der Waals surface area contributed by atoms with Gasteiger partial charge in [-0.3, -0.25) is 4.79 Å². The zero-order valence-electron chi connectivity index (χ0n) is 10.3. The number of carbonyl (C=O) groups excluding carboxylic acids is 2. The summed E-state index contributed by atoms with van der Waals surface area (Å²) in [5.41, 5.74) is 0. The summed E-state index contributed by atoms with van der Waals surface area (Å²) in [6, 6.07) is 0. The lowest BCUT2D eigenvalue weighted by atomic mass is 9.99. The monoisotopic (exact) mass is 228 g/mol. The molecule has 0 aromatic heterocycles. The molecule has 0 aliphatic rings. The number of carbonyl (C=O) groups is 2. The van der Waals surface area contributed by atoms with E-state index >= 15 is 0 Å². The van der Waals surface area contributed by atoms with Crippen LogP contribution in [0.25, 0.3) is 0 Å². The number of carboxylic acids is 1. The van der Waals surface area contributed by atoms with Crippen molar-refractivity contribution < 1.29 is 14.7 Å². The van der Waals surface area contributed by atoms with E-state index in [1.807, 2.05) is 0 Å². The van der Waals surface area contributed by atoms with Gasteiger partial charge in [0.05, 0.1) is 0 Å². The van der Waals surface area contributed by atoms with E-state index in [4.69, 9.17) is 0 Å². The molecule has 0 heterocycles. The molecule has 0 saturated heterocycles. The van der Waals surface area contributed by atoms with Crippen molar-refractivity contribution in [2.45, 2.75) is 52.4 Å². The van der Waals surface area contributed by atoms with Crippen LogP contribution in [0.4, 0.5) is 0 Å². The van der Waals surface area contributed by atoms with E-state index in [1.54, 1.807) is 0 Å². The van der Waals surface area contributed by atoms with E-state index in [-0.39, 0.29) is 18.7 Å². The van der Waals surface area contributed by atoms with E-state index in [9.17, 15) is 14.7 Å². The molecule has 1 unspecified atom stereocenters. The Kier molecular flexibility index (Phi) is 8.58. The van der Waals surface area contributed by atoms with Crippen LogP contribution in [-0.4, -0.2) is 18.4 Å². The molecule has 0 aliphatic heterocycles. The van der Waals surface area contributed by atoms with Crippen LogP contribution in [0.2, 0.25) is 0 Å². The highest BCUT2D eigenvalue weighted by molar-refractivity contribution is 5.79. The molecule has 0 spiro atoms. The van der Waals surface area contributed by atoms with E-state index in [2.05, 4.69) is 19.2 Å². The van der Waals surface area contributed by atoms with Gasteiger partial charge in [-0.15, -0.1) is 0 Å². The lowest BCUT2D eigenvalue weighted by molar-refractivity contribution is -0.305. The van der Waals surface area contributed by atoms with Crippen LogP contribution in [0.5, 0.6) is 0 Å². The molecule has 4 nitrogen and oxygen atoms in total. The summed E-state index contributed by atoms with van der Waals surface area (Å²) in [7, 11) is 0. The van der Waals surface area contributed by atoms with Crippen LogP contribution >= 0.6 is 0 Å². The molecular formula is C12H22NO3-. The fourth-order valence-corrected chi connectivity index (χ4v) is 1.51. The maximum Gasteiger partial charge on any atom is 0.220 e. The second-order valence-electron chi connectivity index (χ2n) is 4.09. The maximum atomic E-state index is 11.2. The second-order valence-corrected chi connectivity index (χ2v) is 4.09. The lowest BCUT2D eigenvalue weighted by Gasteiger charge is -2.15. The third kappa shape index (κ3) is 8.26. The van der Waals surface area contributed by atoms with Crippen molar-refractivity contribution in [2.24, 2.45) is 5.92 Å². The molecule has 0 aromatic rings. The SMILES string of the molecule is CCCCC(CC)CNC(=O)CCC(=O)[O-]. The Morgan fingerprint density at radius 3 is 2.44 bits per heavy atom. The van der Waals surface area contributed by atoms with Gasteiger partial charge in [0, 0.05) is 18.9 Å². The first kappa shape index (κ1) is 14.9. The van der Waals surface area contributed by atoms with Gasteiger partial charge in [-0.05, 0) is 18.8 Å². The van der Waals surface area contributed by atoms with Crippen LogP contribution in [0.3, 0.4) is 0 Å². The maximum absolute atomic E-state index is 11.2. The lowest BCUT2D eigenvalue weighted by Crippen LogP contribution is -2.31. The first-order valence-corrected chi connectivity index (χ1v) is 6.06. The summed E-state index contributed by atoms with van der Waals surface area (Å²) in [6.45, 7) is 4.90. The number of amides is 1. The van der Waals surface area contributed by atoms with E-state index in [0.717, 1.165) is 19.3 Å². The average Bonchev–Trinajstić information content (AvgIpc) is 2.26. The Balaban J connectivity index is 3.66. The van der Waals surface area contributed by atoms with Gasteiger partial charge in [0.15, 0.2) is 0 Å². The molecule has 94 valence electrons. The Morgan fingerprint density at radius 1 is 1.25 bits per heavy atom. The number of hydrogen-bond donors (Lipinski definition) is 1. The highest BCUT2D eigenvalue weighted by Gasteiger charge is 2.07. The summed E-state index contributed by atoms with van der Waals surface area (Å²) in [5, 5.41) is 12.9. The zero-order chi connectivity index (χ0) is 12.4. The van der Waals surface area contributed by atoms with Crippen molar-refractivity contribution >= 4 is 11.9 Å². The predicted octanol–water partition coefficient (Wildman–Crippen LogP) is 0.849. The van der Waals surface area contributed by atoms with Crippen molar-refractivity contribution in [3.05, 3.63) is 0 Å². The molecule has 0 fully saturated rings. The molecule has 0 aromatic carbocycles. The standard InChI is InChI=1S/C12H23NO3/c1-3-5-6-10(4-2)9-13-11(14)7-8-12(15)16/h10H,3-9H2,1-2H3,(H,13,14)(H,15,16)/p-1. The molecule has 0 aliphatic carbocycles. The Morgan fingerprint density at radius 2 is 1.94 bits per heavy atom. The normalized spacial score (nSPS) is 12.1. The third-order valence-corrected chi connectivity index (χ3v) is 2.69. The van der Waals surface area contributed by atoms with Gasteiger partial charge < -0.3 is 15.2 Å². The van der Waals surface area contributed by atoms with Crippen LogP contribution < -0.4 is 10.4 Å². The molecule has 0 saturated carbocycles. The Hall–Kier alpha value is -1.06. The molecule has 16 heavy (non-hydrogen) atoms. The number of unbranched alkanes of at least 4 members (excludes halogenated alkanes) is 1. The van der Waals surface area contributed by atoms with Crippen molar-refractivity contribution in [1.82, 2.24) is 5.32 Å². The molecule has 1 amide bonds. The van der Waals surface area contributed by atoms with Crippen LogP contribution in [0.1, 0.15) is 52.4 Å². The van der Waals surface area contributed by atoms with Gasteiger partial charge in [0.25, 0.3) is 0 Å². The molecule has 0 rings (SSSR count). The van der Waals surface area contributed by atoms with Gasteiger partial charge in [-0.1, -0.05) is 33.1 Å². The number of hydrogen-bond acceptors (Lipinski definition) is 3. The van der Waals surface area contributed by atoms with Gasteiger partial charge in [0.2, 0.25) is 5.91 Å². The van der Waals surface area contributed by atoms with Crippen molar-refractivity contribution in [1.29, 1.82) is 0 Å². The molecule has 1 N–H and O–H groups in total. The molecule has 0 bridgehead atoms. The molecule has 0 radical (unpaired) electrons. The first-order valence-electron chi connectivity index (χ1n) is 6.06. The van der Waals surface area contributed by atoms with Crippen molar-refractivity contribution in [3.8, 4) is 0 Å². The van der Waals surface area contributed by atoms with Crippen LogP contribution in [-0.2, 0) is 9.59 Å². The number of rotatable bonds is 9. The molecule has 1 atom stereocenters. The van der Waals surface area contributed by atoms with Gasteiger partial charge in [-0.2, -0.15) is 0 Å². The number of aliphatic carboxylic acids is 1. The Bertz CT molecular complexity index is 216. The summed E-state index contributed by atoms with van der Waals surface area (Å²) < 4.78 is 0. The first-order chi connectivity index (χ1) is 7.60. The fraction of sp³-hybridized carbons (Fsp3) is 0.833. The van der Waals surface area contributed by atoms with Gasteiger partial charge >= 0.3 is 0 Å². The van der Waals surface area contributed by atoms with Gasteiger partial charge in [-0.25, -0.2) is 0 Å². The predicted molar refractivity (Wildman–Crippen MR) is 60.6 cm³/mol.